The molecule has 4 nitrogen and oxygen atoms in total. The maximum Gasteiger partial charge on any atom is 0.221 e. The van der Waals surface area contributed by atoms with Gasteiger partial charge < -0.3 is 11.1 Å². The third kappa shape index (κ3) is 2.66. The quantitative estimate of drug-likeness (QED) is 0.823. The standard InChI is InChI=1S/C14H16N4S/c1-9-11-7-8-12(17-10-5-3-2-4-6-10)19-13(11)18-14(15)16-9/h2-6,12,17H,7-8H2,1H3,(H2,15,16,18)/t12-/m0/s1. The lowest BCUT2D eigenvalue weighted by Gasteiger charge is -2.25. The van der Waals surface area contributed by atoms with Gasteiger partial charge in [-0.05, 0) is 31.9 Å². The van der Waals surface area contributed by atoms with Crippen LogP contribution in [0.4, 0.5) is 11.6 Å². The summed E-state index contributed by atoms with van der Waals surface area (Å²) in [5.74, 6) is 0.365. The molecule has 0 unspecified atom stereocenters. The number of rotatable bonds is 2. The molecule has 3 rings (SSSR count). The van der Waals surface area contributed by atoms with E-state index in [2.05, 4.69) is 27.4 Å². The molecule has 0 saturated carbocycles. The Balaban J connectivity index is 1.79. The van der Waals surface area contributed by atoms with Crippen molar-refractivity contribution in [2.75, 3.05) is 11.1 Å². The van der Waals surface area contributed by atoms with Crippen molar-refractivity contribution in [1.29, 1.82) is 0 Å². The molecule has 0 fully saturated rings. The number of nitrogens with two attached hydrogens (primary N) is 1. The number of nitrogen functional groups attached to an aromatic ring is 1. The summed E-state index contributed by atoms with van der Waals surface area (Å²) in [5.41, 5.74) is 9.11. The lowest BCUT2D eigenvalue weighted by molar-refractivity contribution is 0.755. The number of para-hydroxylation sites is 1. The highest BCUT2D eigenvalue weighted by molar-refractivity contribution is 8.00. The highest BCUT2D eigenvalue weighted by Gasteiger charge is 2.22. The second kappa shape index (κ2) is 5.09. The minimum Gasteiger partial charge on any atom is -0.373 e. The lowest BCUT2D eigenvalue weighted by atomic mass is 10.1. The van der Waals surface area contributed by atoms with Gasteiger partial charge in [-0.3, -0.25) is 0 Å². The molecule has 1 aliphatic rings. The van der Waals surface area contributed by atoms with Crippen molar-refractivity contribution >= 4 is 23.4 Å². The third-order valence-corrected chi connectivity index (χ3v) is 4.40. The molecule has 98 valence electrons. The molecule has 2 heterocycles. The van der Waals surface area contributed by atoms with E-state index >= 15 is 0 Å². The topological polar surface area (TPSA) is 63.8 Å². The zero-order valence-electron chi connectivity index (χ0n) is 10.8. The SMILES string of the molecule is Cc1nc(N)nc2c1CC[C@@H](Nc1ccccc1)S2. The Morgan fingerprint density at radius 1 is 1.26 bits per heavy atom. The number of hydrogen-bond acceptors (Lipinski definition) is 5. The number of nitrogens with one attached hydrogen (secondary N) is 1. The summed E-state index contributed by atoms with van der Waals surface area (Å²) >= 11 is 1.74. The van der Waals surface area contributed by atoms with E-state index < -0.39 is 0 Å². The van der Waals surface area contributed by atoms with Gasteiger partial charge in [-0.1, -0.05) is 30.0 Å². The molecule has 1 aliphatic heterocycles. The van der Waals surface area contributed by atoms with E-state index in [1.54, 1.807) is 11.8 Å². The van der Waals surface area contributed by atoms with Gasteiger partial charge in [0, 0.05) is 16.9 Å². The Labute approximate surface area is 116 Å². The molecule has 2 aromatic rings. The highest BCUT2D eigenvalue weighted by Crippen LogP contribution is 2.35. The van der Waals surface area contributed by atoms with E-state index in [4.69, 9.17) is 5.73 Å². The molecular formula is C14H16N4S. The van der Waals surface area contributed by atoms with Crippen LogP contribution in [-0.4, -0.2) is 15.3 Å². The first-order chi connectivity index (χ1) is 9.22. The van der Waals surface area contributed by atoms with Gasteiger partial charge in [-0.15, -0.1) is 0 Å². The second-order valence-electron chi connectivity index (χ2n) is 4.61. The van der Waals surface area contributed by atoms with Gasteiger partial charge in [0.1, 0.15) is 5.03 Å². The summed E-state index contributed by atoms with van der Waals surface area (Å²) in [6.07, 6.45) is 2.07. The largest absolute Gasteiger partial charge is 0.373 e. The zero-order valence-corrected chi connectivity index (χ0v) is 11.6. The number of nitrogens with zero attached hydrogens (tertiary/aromatic N) is 2. The first-order valence-electron chi connectivity index (χ1n) is 6.33. The summed E-state index contributed by atoms with van der Waals surface area (Å²) < 4.78 is 0. The minimum absolute atomic E-state index is 0.337. The van der Waals surface area contributed by atoms with E-state index in [1.165, 1.54) is 5.56 Å². The van der Waals surface area contributed by atoms with Crippen LogP contribution in [0.15, 0.2) is 35.4 Å². The van der Waals surface area contributed by atoms with Gasteiger partial charge in [0.15, 0.2) is 0 Å². The van der Waals surface area contributed by atoms with Gasteiger partial charge in [0.05, 0.1) is 5.37 Å². The van der Waals surface area contributed by atoms with Gasteiger partial charge in [-0.2, -0.15) is 0 Å². The Morgan fingerprint density at radius 2 is 2.05 bits per heavy atom. The Morgan fingerprint density at radius 3 is 2.84 bits per heavy atom. The van der Waals surface area contributed by atoms with Crippen LogP contribution in [0.1, 0.15) is 17.7 Å². The molecule has 0 radical (unpaired) electrons. The molecule has 0 spiro atoms. The average Bonchev–Trinajstić information content (AvgIpc) is 2.39. The first-order valence-corrected chi connectivity index (χ1v) is 7.21. The fraction of sp³-hybridized carbons (Fsp3) is 0.286. The molecule has 5 heteroatoms. The number of aromatic nitrogens is 2. The van der Waals surface area contributed by atoms with E-state index in [9.17, 15) is 0 Å². The van der Waals surface area contributed by atoms with Crippen molar-refractivity contribution in [3.8, 4) is 0 Å². The maximum absolute atomic E-state index is 5.72. The van der Waals surface area contributed by atoms with Crippen molar-refractivity contribution in [2.45, 2.75) is 30.2 Å². The van der Waals surface area contributed by atoms with Gasteiger partial charge in [-0.25, -0.2) is 9.97 Å². The molecule has 1 aromatic heterocycles. The zero-order chi connectivity index (χ0) is 13.2. The van der Waals surface area contributed by atoms with E-state index in [1.807, 2.05) is 25.1 Å². The van der Waals surface area contributed by atoms with Crippen LogP contribution in [-0.2, 0) is 6.42 Å². The normalized spacial score (nSPS) is 17.8. The lowest BCUT2D eigenvalue weighted by Crippen LogP contribution is -2.22. The number of hydrogen-bond donors (Lipinski definition) is 2. The van der Waals surface area contributed by atoms with Crippen molar-refractivity contribution in [2.24, 2.45) is 0 Å². The molecule has 0 bridgehead atoms. The average molecular weight is 272 g/mol. The molecule has 19 heavy (non-hydrogen) atoms. The Bertz CT molecular complexity index is 585. The second-order valence-corrected chi connectivity index (χ2v) is 5.80. The number of benzene rings is 1. The number of thioether (sulfide) groups is 1. The molecule has 1 aromatic carbocycles. The first kappa shape index (κ1) is 12.3. The Hall–Kier alpha value is -1.75. The third-order valence-electron chi connectivity index (χ3n) is 3.21. The van der Waals surface area contributed by atoms with Crippen molar-refractivity contribution in [1.82, 2.24) is 9.97 Å². The fourth-order valence-electron chi connectivity index (χ4n) is 2.27. The monoisotopic (exact) mass is 272 g/mol. The smallest absolute Gasteiger partial charge is 0.221 e. The predicted molar refractivity (Wildman–Crippen MR) is 79.2 cm³/mol. The van der Waals surface area contributed by atoms with Gasteiger partial charge in [0.2, 0.25) is 5.95 Å². The van der Waals surface area contributed by atoms with Gasteiger partial charge >= 0.3 is 0 Å². The van der Waals surface area contributed by atoms with E-state index in [-0.39, 0.29) is 0 Å². The molecule has 1 atom stereocenters. The summed E-state index contributed by atoms with van der Waals surface area (Å²) in [7, 11) is 0. The minimum atomic E-state index is 0.337. The molecule has 0 aliphatic carbocycles. The predicted octanol–water partition coefficient (Wildman–Crippen LogP) is 2.84. The fourth-order valence-corrected chi connectivity index (χ4v) is 3.51. The number of aryl methyl sites for hydroxylation is 1. The van der Waals surface area contributed by atoms with Crippen molar-refractivity contribution < 1.29 is 0 Å². The summed E-state index contributed by atoms with van der Waals surface area (Å²) in [4.78, 5) is 8.58. The highest BCUT2D eigenvalue weighted by atomic mass is 32.2. The summed E-state index contributed by atoms with van der Waals surface area (Å²) in [5, 5.41) is 4.88. The number of fused-ring (bicyclic) bond motifs is 1. The van der Waals surface area contributed by atoms with Crippen molar-refractivity contribution in [3.63, 3.8) is 0 Å². The van der Waals surface area contributed by atoms with Crippen LogP contribution in [0.3, 0.4) is 0 Å². The summed E-state index contributed by atoms with van der Waals surface area (Å²) in [6.45, 7) is 2.00. The van der Waals surface area contributed by atoms with Crippen molar-refractivity contribution in [3.05, 3.63) is 41.6 Å². The van der Waals surface area contributed by atoms with Crippen LogP contribution in [0.25, 0.3) is 0 Å². The van der Waals surface area contributed by atoms with Gasteiger partial charge in [0.25, 0.3) is 0 Å². The molecule has 3 N–H and O–H groups in total. The maximum atomic E-state index is 5.72. The van der Waals surface area contributed by atoms with E-state index in [0.29, 0.717) is 11.3 Å². The van der Waals surface area contributed by atoms with Crippen LogP contribution in [0, 0.1) is 6.92 Å². The van der Waals surface area contributed by atoms with Crippen LogP contribution in [0.2, 0.25) is 0 Å². The van der Waals surface area contributed by atoms with Crippen LogP contribution in [0.5, 0.6) is 0 Å². The summed E-state index contributed by atoms with van der Waals surface area (Å²) in [6, 6.07) is 10.2. The number of anilines is 2. The van der Waals surface area contributed by atoms with E-state index in [0.717, 1.165) is 29.2 Å². The Kier molecular flexibility index (Phi) is 3.29. The van der Waals surface area contributed by atoms with Crippen LogP contribution < -0.4 is 11.1 Å². The molecule has 0 amide bonds. The van der Waals surface area contributed by atoms with Crippen LogP contribution >= 0.6 is 11.8 Å². The molecular weight excluding hydrogens is 256 g/mol. The molecule has 0 saturated heterocycles.